The van der Waals surface area contributed by atoms with E-state index in [1.54, 1.807) is 54.7 Å². The van der Waals surface area contributed by atoms with E-state index >= 15 is 0 Å². The van der Waals surface area contributed by atoms with E-state index in [0.717, 1.165) is 5.39 Å². The summed E-state index contributed by atoms with van der Waals surface area (Å²) in [4.78, 5) is 55.0. The molecule has 3 aromatic carbocycles. The lowest BCUT2D eigenvalue weighted by atomic mass is 9.83. The molecular weight excluding hydrogens is 432 g/mol. The van der Waals surface area contributed by atoms with E-state index in [-0.39, 0.29) is 40.4 Å². The van der Waals surface area contributed by atoms with Crippen LogP contribution in [-0.2, 0) is 20.7 Å². The summed E-state index contributed by atoms with van der Waals surface area (Å²) >= 11 is 0. The molecule has 1 amide bonds. The third-order valence-corrected chi connectivity index (χ3v) is 5.64. The van der Waals surface area contributed by atoms with Crippen LogP contribution in [0.2, 0.25) is 0 Å². The minimum atomic E-state index is -0.614. The molecule has 1 aromatic heterocycles. The minimum absolute atomic E-state index is 0.0356. The molecule has 1 aliphatic rings. The lowest BCUT2D eigenvalue weighted by Crippen LogP contribution is -2.26. The number of aromatic nitrogens is 1. The maximum atomic E-state index is 13.0. The Morgan fingerprint density at radius 3 is 2.32 bits per heavy atom. The quantitative estimate of drug-likeness (QED) is 0.409. The first-order chi connectivity index (χ1) is 16.5. The lowest BCUT2D eigenvalue weighted by Gasteiger charge is -2.20. The number of fused-ring (bicyclic) bond motifs is 3. The fourth-order valence-corrected chi connectivity index (χ4v) is 4.10. The van der Waals surface area contributed by atoms with E-state index in [4.69, 9.17) is 4.74 Å². The number of nitrogens with zero attached hydrogens (tertiary/aromatic N) is 1. The largest absolute Gasteiger partial charge is 0.455 e. The molecule has 0 saturated heterocycles. The first-order valence-electron chi connectivity index (χ1n) is 10.6. The summed E-state index contributed by atoms with van der Waals surface area (Å²) in [5, 5.41) is 3.50. The highest BCUT2D eigenvalue weighted by Gasteiger charge is 2.31. The molecular formula is C27H18N2O5. The second-order valence-electron chi connectivity index (χ2n) is 7.81. The standard InChI is InChI=1S/C27H18N2O5/c30-22(15-34-23(31)14-17-7-3-6-16-8-5-13-28-25(16)17)29-21-12-4-11-20-24(21)27(33)19-10-2-1-9-18(19)26(20)32/h1-13H,14-15H2,(H,29,30). The number of para-hydroxylation sites is 1. The van der Waals surface area contributed by atoms with Crippen LogP contribution in [0, 0.1) is 0 Å². The molecule has 0 bridgehead atoms. The third kappa shape index (κ3) is 3.84. The van der Waals surface area contributed by atoms with Gasteiger partial charge in [-0.25, -0.2) is 0 Å². The van der Waals surface area contributed by atoms with Gasteiger partial charge in [0.1, 0.15) is 0 Å². The Labute approximate surface area is 194 Å². The van der Waals surface area contributed by atoms with Crippen molar-refractivity contribution in [2.75, 3.05) is 11.9 Å². The van der Waals surface area contributed by atoms with Gasteiger partial charge in [0.05, 0.1) is 23.2 Å². The highest BCUT2D eigenvalue weighted by atomic mass is 16.5. The zero-order valence-corrected chi connectivity index (χ0v) is 17.9. The zero-order valence-electron chi connectivity index (χ0n) is 17.9. The molecule has 1 N–H and O–H groups in total. The van der Waals surface area contributed by atoms with Gasteiger partial charge in [0.2, 0.25) is 0 Å². The number of carbonyl (C=O) groups is 4. The summed E-state index contributed by atoms with van der Waals surface area (Å²) in [7, 11) is 0. The average Bonchev–Trinajstić information content (AvgIpc) is 2.86. The Hall–Kier alpha value is -4.65. The first kappa shape index (κ1) is 21.2. The molecule has 4 aromatic rings. The van der Waals surface area contributed by atoms with Crippen molar-refractivity contribution in [2.24, 2.45) is 0 Å². The van der Waals surface area contributed by atoms with Crippen molar-refractivity contribution in [3.63, 3.8) is 0 Å². The number of carbonyl (C=O) groups excluding carboxylic acids is 4. The Kier molecular flexibility index (Phi) is 5.43. The summed E-state index contributed by atoms with van der Waals surface area (Å²) in [6.07, 6.45) is 1.61. The predicted molar refractivity (Wildman–Crippen MR) is 125 cm³/mol. The van der Waals surface area contributed by atoms with Crippen LogP contribution < -0.4 is 5.32 Å². The predicted octanol–water partition coefficient (Wildman–Crippen LogP) is 3.73. The molecule has 0 spiro atoms. The van der Waals surface area contributed by atoms with Crippen molar-refractivity contribution in [1.29, 1.82) is 0 Å². The van der Waals surface area contributed by atoms with Crippen molar-refractivity contribution >= 4 is 40.0 Å². The first-order valence-corrected chi connectivity index (χ1v) is 10.6. The van der Waals surface area contributed by atoms with E-state index in [1.807, 2.05) is 24.3 Å². The monoisotopic (exact) mass is 450 g/mol. The number of esters is 1. The van der Waals surface area contributed by atoms with Gasteiger partial charge in [-0.2, -0.15) is 0 Å². The molecule has 0 fully saturated rings. The smallest absolute Gasteiger partial charge is 0.310 e. The molecule has 0 saturated carbocycles. The van der Waals surface area contributed by atoms with Gasteiger partial charge in [0, 0.05) is 28.3 Å². The molecule has 34 heavy (non-hydrogen) atoms. The topological polar surface area (TPSA) is 102 Å². The number of nitrogens with one attached hydrogen (secondary N) is 1. The van der Waals surface area contributed by atoms with E-state index in [2.05, 4.69) is 10.3 Å². The van der Waals surface area contributed by atoms with Crippen LogP contribution in [0.3, 0.4) is 0 Å². The highest BCUT2D eigenvalue weighted by Crippen LogP contribution is 2.31. The van der Waals surface area contributed by atoms with E-state index < -0.39 is 18.5 Å². The summed E-state index contributed by atoms with van der Waals surface area (Å²) in [5.74, 6) is -1.82. The number of benzene rings is 3. The highest BCUT2D eigenvalue weighted by molar-refractivity contribution is 6.30. The SMILES string of the molecule is O=C(COC(=O)Cc1cccc2cccnc12)Nc1cccc2c1C(=O)c1ccccc1C2=O. The molecule has 166 valence electrons. The number of anilines is 1. The lowest BCUT2D eigenvalue weighted by molar-refractivity contribution is -0.146. The normalized spacial score (nSPS) is 12.1. The Morgan fingerprint density at radius 1 is 0.794 bits per heavy atom. The van der Waals surface area contributed by atoms with Gasteiger partial charge < -0.3 is 10.1 Å². The van der Waals surface area contributed by atoms with Crippen LogP contribution in [0.25, 0.3) is 10.9 Å². The number of hydrogen-bond donors (Lipinski definition) is 1. The van der Waals surface area contributed by atoms with Crippen molar-refractivity contribution < 1.29 is 23.9 Å². The van der Waals surface area contributed by atoms with E-state index in [0.29, 0.717) is 16.6 Å². The van der Waals surface area contributed by atoms with Gasteiger partial charge in [0.25, 0.3) is 5.91 Å². The number of pyridine rings is 1. The number of rotatable bonds is 5. The van der Waals surface area contributed by atoms with Gasteiger partial charge >= 0.3 is 5.97 Å². The number of ether oxygens (including phenoxy) is 1. The molecule has 0 aliphatic heterocycles. The summed E-state index contributed by atoms with van der Waals surface area (Å²) in [5.41, 5.74) is 2.57. The van der Waals surface area contributed by atoms with Crippen LogP contribution >= 0.6 is 0 Å². The van der Waals surface area contributed by atoms with Crippen molar-refractivity contribution in [3.05, 3.63) is 107 Å². The van der Waals surface area contributed by atoms with Gasteiger partial charge in [-0.3, -0.25) is 24.2 Å². The van der Waals surface area contributed by atoms with Crippen LogP contribution in [0.5, 0.6) is 0 Å². The fraction of sp³-hybridized carbons (Fsp3) is 0.0741. The molecule has 0 radical (unpaired) electrons. The van der Waals surface area contributed by atoms with Crippen LogP contribution in [0.15, 0.2) is 79.0 Å². The fourth-order valence-electron chi connectivity index (χ4n) is 4.10. The Morgan fingerprint density at radius 2 is 1.50 bits per heavy atom. The molecule has 7 nitrogen and oxygen atoms in total. The van der Waals surface area contributed by atoms with Crippen LogP contribution in [0.4, 0.5) is 5.69 Å². The molecule has 1 heterocycles. The van der Waals surface area contributed by atoms with Crippen LogP contribution in [0.1, 0.15) is 37.4 Å². The van der Waals surface area contributed by atoms with Gasteiger partial charge in [-0.1, -0.05) is 60.7 Å². The third-order valence-electron chi connectivity index (χ3n) is 5.64. The zero-order chi connectivity index (χ0) is 23.7. The molecule has 5 rings (SSSR count). The molecule has 7 heteroatoms. The Balaban J connectivity index is 1.28. The van der Waals surface area contributed by atoms with E-state index in [9.17, 15) is 19.2 Å². The van der Waals surface area contributed by atoms with Crippen molar-refractivity contribution in [2.45, 2.75) is 6.42 Å². The number of amides is 1. The van der Waals surface area contributed by atoms with Gasteiger partial charge in [-0.15, -0.1) is 0 Å². The maximum absolute atomic E-state index is 13.0. The average molecular weight is 450 g/mol. The minimum Gasteiger partial charge on any atom is -0.455 e. The van der Waals surface area contributed by atoms with Gasteiger partial charge in [0.15, 0.2) is 18.2 Å². The summed E-state index contributed by atoms with van der Waals surface area (Å²) in [6.45, 7) is -0.528. The van der Waals surface area contributed by atoms with Gasteiger partial charge in [-0.05, 0) is 17.7 Å². The summed E-state index contributed by atoms with van der Waals surface area (Å²) in [6, 6.07) is 20.5. The number of ketones is 2. The molecule has 1 aliphatic carbocycles. The molecule has 0 atom stereocenters. The second kappa shape index (κ2) is 8.71. The second-order valence-corrected chi connectivity index (χ2v) is 7.81. The van der Waals surface area contributed by atoms with Crippen LogP contribution in [-0.4, -0.2) is 35.0 Å². The van der Waals surface area contributed by atoms with Crippen molar-refractivity contribution in [1.82, 2.24) is 4.98 Å². The number of hydrogen-bond acceptors (Lipinski definition) is 6. The Bertz CT molecular complexity index is 1490. The van der Waals surface area contributed by atoms with E-state index in [1.165, 1.54) is 0 Å². The molecule has 0 unspecified atom stereocenters. The maximum Gasteiger partial charge on any atom is 0.310 e. The van der Waals surface area contributed by atoms with Crippen molar-refractivity contribution in [3.8, 4) is 0 Å². The summed E-state index contributed by atoms with van der Waals surface area (Å²) < 4.78 is 5.15.